The Morgan fingerprint density at radius 3 is 2.90 bits per heavy atom. The largest absolute Gasteiger partial charge is 0.481 e. The molecule has 108 valence electrons. The molecule has 0 aliphatic carbocycles. The van der Waals surface area contributed by atoms with E-state index in [9.17, 15) is 10.1 Å². The molecule has 0 bridgehead atoms. The van der Waals surface area contributed by atoms with E-state index in [-0.39, 0.29) is 18.0 Å². The molecular formula is C15H14N2O3S. The lowest BCUT2D eigenvalue weighted by molar-refractivity contribution is -0.386. The average Bonchev–Trinajstić information content (AvgIpc) is 2.91. The van der Waals surface area contributed by atoms with Crippen molar-refractivity contribution in [1.29, 1.82) is 0 Å². The first-order valence-electron chi connectivity index (χ1n) is 6.25. The van der Waals surface area contributed by atoms with Crippen molar-refractivity contribution in [2.24, 2.45) is 5.73 Å². The summed E-state index contributed by atoms with van der Waals surface area (Å²) in [5, 5.41) is 11.0. The third kappa shape index (κ3) is 4.05. The minimum absolute atomic E-state index is 0.0188. The van der Waals surface area contributed by atoms with Gasteiger partial charge in [0, 0.05) is 10.9 Å². The zero-order valence-electron chi connectivity index (χ0n) is 11.5. The molecule has 0 aliphatic rings. The smallest absolute Gasteiger partial charge is 0.311 e. The third-order valence-electron chi connectivity index (χ3n) is 2.66. The minimum Gasteiger partial charge on any atom is -0.481 e. The number of hydrogen-bond acceptors (Lipinski definition) is 5. The molecule has 0 spiro atoms. The maximum atomic E-state index is 11.0. The van der Waals surface area contributed by atoms with Gasteiger partial charge in [0.1, 0.15) is 6.61 Å². The van der Waals surface area contributed by atoms with Crippen LogP contribution in [0.3, 0.4) is 0 Å². The molecular weight excluding hydrogens is 288 g/mol. The van der Waals surface area contributed by atoms with Crippen molar-refractivity contribution in [2.45, 2.75) is 13.5 Å². The second-order valence-corrected chi connectivity index (χ2v) is 5.46. The van der Waals surface area contributed by atoms with E-state index in [1.807, 2.05) is 12.1 Å². The number of hydrogen-bond donors (Lipinski definition) is 1. The topological polar surface area (TPSA) is 78.4 Å². The molecule has 0 fully saturated rings. The number of thiophene rings is 1. The van der Waals surface area contributed by atoms with Crippen molar-refractivity contribution < 1.29 is 9.66 Å². The van der Waals surface area contributed by atoms with Crippen LogP contribution in [0.15, 0.2) is 30.3 Å². The van der Waals surface area contributed by atoms with Crippen LogP contribution in [0.5, 0.6) is 5.75 Å². The van der Waals surface area contributed by atoms with E-state index < -0.39 is 4.92 Å². The molecule has 0 saturated heterocycles. The summed E-state index contributed by atoms with van der Waals surface area (Å²) in [4.78, 5) is 12.4. The summed E-state index contributed by atoms with van der Waals surface area (Å²) in [7, 11) is 0. The van der Waals surface area contributed by atoms with E-state index >= 15 is 0 Å². The zero-order chi connectivity index (χ0) is 15.2. The van der Waals surface area contributed by atoms with Crippen LogP contribution in [0, 0.1) is 28.9 Å². The summed E-state index contributed by atoms with van der Waals surface area (Å²) in [5.41, 5.74) is 6.12. The van der Waals surface area contributed by atoms with Gasteiger partial charge in [0.15, 0.2) is 5.75 Å². The second-order valence-electron chi connectivity index (χ2n) is 4.29. The minimum atomic E-state index is -0.436. The Morgan fingerprint density at radius 2 is 2.19 bits per heavy atom. The Bertz CT molecular complexity index is 713. The number of rotatable bonds is 4. The van der Waals surface area contributed by atoms with Crippen LogP contribution in [0.2, 0.25) is 0 Å². The van der Waals surface area contributed by atoms with Gasteiger partial charge < -0.3 is 10.5 Å². The molecule has 0 amide bonds. The van der Waals surface area contributed by atoms with Crippen molar-refractivity contribution in [3.8, 4) is 17.6 Å². The van der Waals surface area contributed by atoms with Crippen LogP contribution >= 0.6 is 11.3 Å². The molecule has 21 heavy (non-hydrogen) atoms. The van der Waals surface area contributed by atoms with Gasteiger partial charge in [-0.05, 0) is 30.7 Å². The van der Waals surface area contributed by atoms with Gasteiger partial charge in [0.2, 0.25) is 0 Å². The summed E-state index contributed by atoms with van der Waals surface area (Å²) in [6, 6.07) is 8.69. The Kier molecular flexibility index (Phi) is 4.93. The standard InChI is InChI=1S/C15H14N2O3S/c1-11-4-7-15(14(9-11)17(18)19)20-10-13-6-5-12(21-13)3-2-8-16/h4-7,9H,8,10,16H2,1H3. The molecule has 0 unspecified atom stereocenters. The van der Waals surface area contributed by atoms with Gasteiger partial charge in [0.25, 0.3) is 0 Å². The monoisotopic (exact) mass is 302 g/mol. The van der Waals surface area contributed by atoms with Crippen molar-refractivity contribution in [1.82, 2.24) is 0 Å². The maximum absolute atomic E-state index is 11.0. The van der Waals surface area contributed by atoms with E-state index in [0.29, 0.717) is 6.54 Å². The second kappa shape index (κ2) is 6.88. The van der Waals surface area contributed by atoms with Crippen molar-refractivity contribution in [2.75, 3.05) is 6.54 Å². The first-order valence-corrected chi connectivity index (χ1v) is 7.07. The normalized spacial score (nSPS) is 9.81. The Labute approximate surface area is 126 Å². The molecule has 0 radical (unpaired) electrons. The quantitative estimate of drug-likeness (QED) is 0.535. The van der Waals surface area contributed by atoms with Crippen molar-refractivity contribution in [3.05, 3.63) is 55.8 Å². The fourth-order valence-corrected chi connectivity index (χ4v) is 2.50. The van der Waals surface area contributed by atoms with Crippen molar-refractivity contribution in [3.63, 3.8) is 0 Å². The first-order chi connectivity index (χ1) is 10.1. The molecule has 6 heteroatoms. The number of ether oxygens (including phenoxy) is 1. The molecule has 2 rings (SSSR count). The van der Waals surface area contributed by atoms with Crippen LogP contribution < -0.4 is 10.5 Å². The highest BCUT2D eigenvalue weighted by molar-refractivity contribution is 7.12. The average molecular weight is 302 g/mol. The fourth-order valence-electron chi connectivity index (χ4n) is 1.70. The molecule has 0 atom stereocenters. The maximum Gasteiger partial charge on any atom is 0.311 e. The molecule has 1 aromatic carbocycles. The number of nitrogens with zero attached hydrogens (tertiary/aromatic N) is 1. The van der Waals surface area contributed by atoms with E-state index in [1.165, 1.54) is 17.4 Å². The molecule has 2 N–H and O–H groups in total. The van der Waals surface area contributed by atoms with Gasteiger partial charge in [-0.15, -0.1) is 11.3 Å². The SMILES string of the molecule is Cc1ccc(OCc2ccc(C#CCN)s2)c([N+](=O)[O-])c1. The van der Waals surface area contributed by atoms with Crippen molar-refractivity contribution >= 4 is 17.0 Å². The molecule has 5 nitrogen and oxygen atoms in total. The molecule has 1 aromatic heterocycles. The van der Waals surface area contributed by atoms with Crippen LogP contribution in [0.4, 0.5) is 5.69 Å². The number of aryl methyl sites for hydroxylation is 1. The first kappa shape index (κ1) is 15.0. The molecule has 0 saturated carbocycles. The van der Waals surface area contributed by atoms with Crippen LogP contribution in [-0.2, 0) is 6.61 Å². The van der Waals surface area contributed by atoms with E-state index in [2.05, 4.69) is 11.8 Å². The predicted octanol–water partition coefficient (Wildman–Crippen LogP) is 2.85. The summed E-state index contributed by atoms with van der Waals surface area (Å²) in [6.07, 6.45) is 0. The van der Waals surface area contributed by atoms with Gasteiger partial charge in [-0.2, -0.15) is 0 Å². The fraction of sp³-hybridized carbons (Fsp3) is 0.200. The van der Waals surface area contributed by atoms with E-state index in [1.54, 1.807) is 19.1 Å². The van der Waals surface area contributed by atoms with Crippen LogP contribution in [0.1, 0.15) is 15.3 Å². The third-order valence-corrected chi connectivity index (χ3v) is 3.63. The lowest BCUT2D eigenvalue weighted by atomic mass is 10.2. The highest BCUT2D eigenvalue weighted by atomic mass is 32.1. The number of nitro benzene ring substituents is 1. The zero-order valence-corrected chi connectivity index (χ0v) is 12.3. The number of benzene rings is 1. The van der Waals surface area contributed by atoms with Gasteiger partial charge in [0.05, 0.1) is 16.3 Å². The summed E-state index contributed by atoms with van der Waals surface area (Å²) >= 11 is 1.49. The van der Waals surface area contributed by atoms with E-state index in [4.69, 9.17) is 10.5 Å². The lowest BCUT2D eigenvalue weighted by Crippen LogP contribution is -1.98. The Balaban J connectivity index is 2.09. The molecule has 0 aliphatic heterocycles. The van der Waals surface area contributed by atoms with Crippen LogP contribution in [-0.4, -0.2) is 11.5 Å². The van der Waals surface area contributed by atoms with Gasteiger partial charge in [-0.25, -0.2) is 0 Å². The van der Waals surface area contributed by atoms with Gasteiger partial charge in [-0.1, -0.05) is 17.9 Å². The van der Waals surface area contributed by atoms with Gasteiger partial charge in [-0.3, -0.25) is 10.1 Å². The van der Waals surface area contributed by atoms with Crippen LogP contribution in [0.25, 0.3) is 0 Å². The van der Waals surface area contributed by atoms with Gasteiger partial charge >= 0.3 is 5.69 Å². The Hall–Kier alpha value is -2.36. The highest BCUT2D eigenvalue weighted by Gasteiger charge is 2.15. The summed E-state index contributed by atoms with van der Waals surface area (Å²) < 4.78 is 5.55. The lowest BCUT2D eigenvalue weighted by Gasteiger charge is -2.05. The van der Waals surface area contributed by atoms with E-state index in [0.717, 1.165) is 15.3 Å². The molecule has 1 heterocycles. The summed E-state index contributed by atoms with van der Waals surface area (Å²) in [6.45, 7) is 2.40. The highest BCUT2D eigenvalue weighted by Crippen LogP contribution is 2.29. The Morgan fingerprint density at radius 1 is 1.38 bits per heavy atom. The number of nitro groups is 1. The summed E-state index contributed by atoms with van der Waals surface area (Å²) in [5.74, 6) is 5.99. The predicted molar refractivity (Wildman–Crippen MR) is 82.4 cm³/mol. The molecule has 2 aromatic rings. The number of nitrogens with two attached hydrogens (primary N) is 1.